The van der Waals surface area contributed by atoms with E-state index in [1.165, 1.54) is 77.0 Å². The van der Waals surface area contributed by atoms with Crippen LogP contribution >= 0.6 is 6.72 Å². The van der Waals surface area contributed by atoms with Gasteiger partial charge in [0.05, 0.1) is 6.61 Å². The van der Waals surface area contributed by atoms with Gasteiger partial charge in [0, 0.05) is 13.7 Å². The Bertz CT molecular complexity index is 619. The third kappa shape index (κ3) is 15.5. The van der Waals surface area contributed by atoms with Crippen LogP contribution in [-0.4, -0.2) is 41.8 Å². The highest BCUT2D eigenvalue weighted by molar-refractivity contribution is 8.06. The Morgan fingerprint density at radius 3 is 1.57 bits per heavy atom. The molecule has 0 rings (SSSR count). The van der Waals surface area contributed by atoms with E-state index in [0.717, 1.165) is 12.8 Å². The van der Waals surface area contributed by atoms with Gasteiger partial charge in [-0.1, -0.05) is 118 Å². The van der Waals surface area contributed by atoms with Gasteiger partial charge in [0.25, 0.3) is 0 Å². The fourth-order valence-corrected chi connectivity index (χ4v) is 7.00. The predicted octanol–water partition coefficient (Wildman–Crippen LogP) is 9.11. The number of hydrogen-bond donors (Lipinski definition) is 2. The number of allylic oxidation sites excluding steroid dienone is 2. The largest absolute Gasteiger partial charge is 0.379 e. The normalized spacial score (nSPS) is 14.5. The van der Waals surface area contributed by atoms with Crippen molar-refractivity contribution in [2.24, 2.45) is 10.8 Å². The van der Waals surface area contributed by atoms with Crippen LogP contribution in [-0.2, 0) is 25.8 Å². The molecule has 0 heterocycles. The van der Waals surface area contributed by atoms with Gasteiger partial charge < -0.3 is 19.3 Å². The van der Waals surface area contributed by atoms with Crippen molar-refractivity contribution < 1.29 is 23.8 Å². The smallest absolute Gasteiger partial charge is 0.322 e. The van der Waals surface area contributed by atoms with E-state index in [0.29, 0.717) is 13.2 Å². The van der Waals surface area contributed by atoms with Crippen molar-refractivity contribution in [2.45, 2.75) is 150 Å². The Hall–Kier alpha value is 0.190. The first-order chi connectivity index (χ1) is 17.2. The number of ether oxygens (including phenoxy) is 2. The molecular formula is C30H61O5PS. The first-order valence-corrected chi connectivity index (χ1v) is 17.4. The summed E-state index contributed by atoms with van der Waals surface area (Å²) >= 11 is 4.90. The van der Waals surface area contributed by atoms with Crippen LogP contribution in [0.15, 0.2) is 12.2 Å². The highest BCUT2D eigenvalue weighted by Gasteiger charge is 2.59. The number of methoxy groups -OCH3 is 1. The Balaban J connectivity index is 4.24. The SMILES string of the molecule is CCCCCCCC/C=C\CCCCCCCCOCC(OC)C(OP(O)(O)=S)(C(C)(C)C)C(C)(C)C. The number of hydrogen-bond acceptors (Lipinski definition) is 4. The lowest BCUT2D eigenvalue weighted by molar-refractivity contribution is -0.210. The number of unbranched alkanes of at least 4 members (excludes halogenated alkanes) is 12. The highest BCUT2D eigenvalue weighted by atomic mass is 32.5. The summed E-state index contributed by atoms with van der Waals surface area (Å²) in [7, 11) is 1.62. The zero-order valence-corrected chi connectivity index (χ0v) is 27.2. The van der Waals surface area contributed by atoms with E-state index in [9.17, 15) is 9.79 Å². The molecule has 0 saturated heterocycles. The lowest BCUT2D eigenvalue weighted by atomic mass is 9.60. The van der Waals surface area contributed by atoms with Crippen molar-refractivity contribution in [2.75, 3.05) is 20.3 Å². The topological polar surface area (TPSA) is 68.2 Å². The summed E-state index contributed by atoms with van der Waals surface area (Å²) in [5.41, 5.74) is -2.00. The molecule has 0 aromatic carbocycles. The van der Waals surface area contributed by atoms with Gasteiger partial charge in [-0.2, -0.15) is 0 Å². The second-order valence-electron chi connectivity index (χ2n) is 12.6. The van der Waals surface area contributed by atoms with Gasteiger partial charge in [0.1, 0.15) is 11.7 Å². The van der Waals surface area contributed by atoms with Crippen molar-refractivity contribution in [1.82, 2.24) is 0 Å². The molecule has 0 aromatic heterocycles. The molecule has 0 saturated carbocycles. The molecule has 0 radical (unpaired) electrons. The van der Waals surface area contributed by atoms with Crippen LogP contribution < -0.4 is 0 Å². The van der Waals surface area contributed by atoms with Crippen molar-refractivity contribution in [3.63, 3.8) is 0 Å². The van der Waals surface area contributed by atoms with Crippen LogP contribution in [0.2, 0.25) is 0 Å². The standard InChI is InChI=1S/C30H61O5PS/c1-9-10-11-12-13-14-15-16-17-18-19-20-21-22-23-24-25-34-26-27(33-8)30(28(2,3)4,29(5,6)7)35-36(31,32)37/h16-17,27H,9-15,18-26H2,1-8H3,(H2,31,32,37)/b17-16-. The van der Waals surface area contributed by atoms with E-state index in [1.807, 2.05) is 41.5 Å². The number of rotatable bonds is 22. The van der Waals surface area contributed by atoms with Crippen molar-refractivity contribution in [1.29, 1.82) is 0 Å². The lowest BCUT2D eigenvalue weighted by Gasteiger charge is -2.56. The Labute approximate surface area is 235 Å². The zero-order valence-electron chi connectivity index (χ0n) is 25.5. The fraction of sp³-hybridized carbons (Fsp3) is 0.933. The molecule has 5 nitrogen and oxygen atoms in total. The van der Waals surface area contributed by atoms with E-state index < -0.39 is 29.3 Å². The maximum atomic E-state index is 10.1. The molecule has 0 aliphatic heterocycles. The summed E-state index contributed by atoms with van der Waals surface area (Å²) in [5.74, 6) is 0. The first-order valence-electron chi connectivity index (χ1n) is 14.7. The summed E-state index contributed by atoms with van der Waals surface area (Å²) < 4.78 is 17.8. The molecule has 1 unspecified atom stereocenters. The molecular weight excluding hydrogens is 503 g/mol. The van der Waals surface area contributed by atoms with Crippen molar-refractivity contribution >= 4 is 18.5 Å². The third-order valence-electron chi connectivity index (χ3n) is 7.30. The van der Waals surface area contributed by atoms with Gasteiger partial charge in [0.15, 0.2) is 0 Å². The van der Waals surface area contributed by atoms with Crippen LogP contribution in [0.25, 0.3) is 0 Å². The quantitative estimate of drug-likeness (QED) is 0.0776. The fourth-order valence-electron chi connectivity index (χ4n) is 5.60. The van der Waals surface area contributed by atoms with Crippen molar-refractivity contribution in [3.8, 4) is 0 Å². The molecule has 0 spiro atoms. The second-order valence-corrected chi connectivity index (χ2v) is 15.1. The van der Waals surface area contributed by atoms with E-state index >= 15 is 0 Å². The summed E-state index contributed by atoms with van der Waals surface area (Å²) in [6.45, 7) is 11.4. The Morgan fingerprint density at radius 1 is 0.730 bits per heavy atom. The van der Waals surface area contributed by atoms with Crippen LogP contribution in [0.3, 0.4) is 0 Å². The lowest BCUT2D eigenvalue weighted by Crippen LogP contribution is -2.64. The van der Waals surface area contributed by atoms with Gasteiger partial charge in [-0.15, -0.1) is 0 Å². The van der Waals surface area contributed by atoms with Gasteiger partial charge in [-0.3, -0.25) is 4.52 Å². The van der Waals surface area contributed by atoms with Gasteiger partial charge >= 0.3 is 6.72 Å². The minimum absolute atomic E-state index is 0.311. The molecule has 2 N–H and O–H groups in total. The molecule has 7 heteroatoms. The first kappa shape index (κ1) is 37.2. The summed E-state index contributed by atoms with van der Waals surface area (Å²) in [6.07, 6.45) is 22.2. The molecule has 0 aromatic rings. The predicted molar refractivity (Wildman–Crippen MR) is 163 cm³/mol. The molecule has 0 aliphatic carbocycles. The van der Waals surface area contributed by atoms with Crippen LogP contribution in [0.5, 0.6) is 0 Å². The molecule has 0 fully saturated rings. The average molecular weight is 565 g/mol. The van der Waals surface area contributed by atoms with Crippen LogP contribution in [0, 0.1) is 10.8 Å². The van der Waals surface area contributed by atoms with Crippen LogP contribution in [0.1, 0.15) is 138 Å². The monoisotopic (exact) mass is 564 g/mol. The third-order valence-corrected chi connectivity index (χ3v) is 8.05. The Morgan fingerprint density at radius 2 is 1.16 bits per heavy atom. The van der Waals surface area contributed by atoms with Crippen LogP contribution in [0.4, 0.5) is 0 Å². The molecule has 0 aliphatic rings. The van der Waals surface area contributed by atoms with Gasteiger partial charge in [-0.05, 0) is 54.7 Å². The van der Waals surface area contributed by atoms with E-state index in [1.54, 1.807) is 7.11 Å². The van der Waals surface area contributed by atoms with E-state index in [-0.39, 0.29) is 0 Å². The molecule has 37 heavy (non-hydrogen) atoms. The second kappa shape index (κ2) is 19.3. The van der Waals surface area contributed by atoms with Gasteiger partial charge in [-0.25, -0.2) is 0 Å². The molecule has 222 valence electrons. The molecule has 0 amide bonds. The Kier molecular flexibility index (Phi) is 19.4. The maximum Gasteiger partial charge on any atom is 0.322 e. The highest BCUT2D eigenvalue weighted by Crippen LogP contribution is 2.57. The van der Waals surface area contributed by atoms with E-state index in [4.69, 9.17) is 25.8 Å². The van der Waals surface area contributed by atoms with Gasteiger partial charge in [0.2, 0.25) is 0 Å². The van der Waals surface area contributed by atoms with E-state index in [2.05, 4.69) is 19.1 Å². The summed E-state index contributed by atoms with van der Waals surface area (Å²) in [4.78, 5) is 20.2. The summed E-state index contributed by atoms with van der Waals surface area (Å²) in [6, 6.07) is 0. The molecule has 1 atom stereocenters. The zero-order chi connectivity index (χ0) is 28.4. The summed E-state index contributed by atoms with van der Waals surface area (Å²) in [5, 5.41) is 0. The maximum absolute atomic E-state index is 10.1. The minimum atomic E-state index is -3.93. The average Bonchev–Trinajstić information content (AvgIpc) is 2.77. The van der Waals surface area contributed by atoms with Crippen molar-refractivity contribution in [3.05, 3.63) is 12.2 Å². The minimum Gasteiger partial charge on any atom is -0.379 e. The molecule has 0 bridgehead atoms.